The maximum Gasteiger partial charge on any atom is 0.303 e. The molecule has 178 valence electrons. The quantitative estimate of drug-likeness (QED) is 0.158. The Morgan fingerprint density at radius 1 is 0.839 bits per heavy atom. The van der Waals surface area contributed by atoms with Gasteiger partial charge in [0.25, 0.3) is 0 Å². The van der Waals surface area contributed by atoms with Crippen LogP contribution in [0, 0.1) is 0 Å². The molecular weight excluding hydrogens is 422 g/mol. The summed E-state index contributed by atoms with van der Waals surface area (Å²) in [5, 5.41) is 25.2. The molecule has 0 aromatic heterocycles. The Hall–Kier alpha value is -2.83. The molecule has 0 saturated carbocycles. The van der Waals surface area contributed by atoms with Gasteiger partial charge in [-0.15, -0.1) is 0 Å². The molecule has 0 bridgehead atoms. The number of nitrogens with zero attached hydrogens (tertiary/aromatic N) is 1. The highest BCUT2D eigenvalue weighted by molar-refractivity contribution is 5.83. The highest BCUT2D eigenvalue weighted by Gasteiger charge is 2.16. The minimum Gasteiger partial charge on any atom is -0.481 e. The highest BCUT2D eigenvalue weighted by atomic mass is 19.1. The molecule has 0 rings (SSSR count). The Kier molecular flexibility index (Phi) is 14.5. The molecule has 0 aromatic carbocycles. The van der Waals surface area contributed by atoms with Crippen LogP contribution in [0.4, 0.5) is 8.78 Å². The van der Waals surface area contributed by atoms with Crippen LogP contribution in [0.2, 0.25) is 0 Å². The monoisotopic (exact) mass is 452 g/mol. The van der Waals surface area contributed by atoms with Gasteiger partial charge in [-0.1, -0.05) is 0 Å². The summed E-state index contributed by atoms with van der Waals surface area (Å²) in [6.45, 7) is 0.314. The number of amides is 4. The van der Waals surface area contributed by atoms with Crippen molar-refractivity contribution in [2.24, 2.45) is 0 Å². The van der Waals surface area contributed by atoms with Crippen LogP contribution in [0.1, 0.15) is 45.4 Å². The molecule has 0 aliphatic rings. The van der Waals surface area contributed by atoms with Gasteiger partial charge in [0.2, 0.25) is 23.6 Å². The molecule has 0 radical (unpaired) electrons. The number of carbonyl (C=O) groups excluding carboxylic acids is 4. The van der Waals surface area contributed by atoms with Gasteiger partial charge >= 0.3 is 5.97 Å². The number of carboxylic acids is 1. The molecule has 2 atom stereocenters. The van der Waals surface area contributed by atoms with Crippen LogP contribution < -0.4 is 16.0 Å². The summed E-state index contributed by atoms with van der Waals surface area (Å²) in [6.07, 6.45) is -4.40. The van der Waals surface area contributed by atoms with E-state index in [9.17, 15) is 38.0 Å². The molecule has 5 N–H and O–H groups in total. The van der Waals surface area contributed by atoms with E-state index in [0.29, 0.717) is 5.06 Å². The Morgan fingerprint density at radius 2 is 1.39 bits per heavy atom. The molecule has 0 aliphatic carbocycles. The van der Waals surface area contributed by atoms with Gasteiger partial charge in [-0.05, 0) is 6.42 Å². The average Bonchev–Trinajstić information content (AvgIpc) is 2.71. The van der Waals surface area contributed by atoms with Gasteiger partial charge in [-0.3, -0.25) is 29.2 Å². The first-order chi connectivity index (χ1) is 14.5. The van der Waals surface area contributed by atoms with Gasteiger partial charge in [0, 0.05) is 52.2 Å². The number of aliphatic carboxylic acids is 1. The van der Waals surface area contributed by atoms with Gasteiger partial charge < -0.3 is 21.1 Å². The molecule has 0 spiro atoms. The minimum atomic E-state index is -1.46. The number of carbonyl (C=O) groups is 5. The lowest BCUT2D eigenvalue weighted by molar-refractivity contribution is -0.166. The topological polar surface area (TPSA) is 165 Å². The summed E-state index contributed by atoms with van der Waals surface area (Å²) >= 11 is 0. The summed E-state index contributed by atoms with van der Waals surface area (Å²) in [5.41, 5.74) is 0. The zero-order chi connectivity index (χ0) is 23.8. The van der Waals surface area contributed by atoms with E-state index < -0.39 is 41.9 Å². The Labute approximate surface area is 178 Å². The lowest BCUT2D eigenvalue weighted by Crippen LogP contribution is -2.35. The van der Waals surface area contributed by atoms with Crippen molar-refractivity contribution < 1.29 is 43.1 Å². The van der Waals surface area contributed by atoms with Gasteiger partial charge in [0.15, 0.2) is 0 Å². The number of hydroxylamine groups is 2. The van der Waals surface area contributed by atoms with Gasteiger partial charge in [-0.2, -0.15) is 0 Å². The molecule has 0 heterocycles. The van der Waals surface area contributed by atoms with Crippen LogP contribution in [-0.4, -0.2) is 83.5 Å². The van der Waals surface area contributed by atoms with E-state index in [-0.39, 0.29) is 64.7 Å². The second-order valence-corrected chi connectivity index (χ2v) is 6.77. The van der Waals surface area contributed by atoms with Crippen LogP contribution >= 0.6 is 0 Å². The fourth-order valence-electron chi connectivity index (χ4n) is 2.19. The zero-order valence-electron chi connectivity index (χ0n) is 17.4. The molecule has 13 heteroatoms. The van der Waals surface area contributed by atoms with Crippen LogP contribution in [0.3, 0.4) is 0 Å². The van der Waals surface area contributed by atoms with Gasteiger partial charge in [0.1, 0.15) is 12.3 Å². The predicted molar refractivity (Wildman–Crippen MR) is 103 cm³/mol. The maximum absolute atomic E-state index is 13.7. The van der Waals surface area contributed by atoms with Crippen LogP contribution in [0.25, 0.3) is 0 Å². The third kappa shape index (κ3) is 16.6. The van der Waals surface area contributed by atoms with E-state index in [1.807, 2.05) is 0 Å². The number of alkyl halides is 2. The molecule has 2 unspecified atom stereocenters. The predicted octanol–water partition coefficient (Wildman–Crippen LogP) is -0.326. The molecular formula is C18H30F2N4O7. The average molecular weight is 452 g/mol. The maximum atomic E-state index is 13.7. The molecule has 11 nitrogen and oxygen atoms in total. The van der Waals surface area contributed by atoms with Crippen molar-refractivity contribution in [3.8, 4) is 0 Å². The molecule has 0 aliphatic heterocycles. The number of hydrogen-bond donors (Lipinski definition) is 5. The van der Waals surface area contributed by atoms with Crippen LogP contribution in [0.5, 0.6) is 0 Å². The van der Waals surface area contributed by atoms with Crippen molar-refractivity contribution >= 4 is 29.6 Å². The highest BCUT2D eigenvalue weighted by Crippen LogP contribution is 2.02. The van der Waals surface area contributed by atoms with E-state index in [1.165, 1.54) is 6.92 Å². The first-order valence-electron chi connectivity index (χ1n) is 9.78. The van der Waals surface area contributed by atoms with Crippen molar-refractivity contribution in [1.82, 2.24) is 21.0 Å². The summed E-state index contributed by atoms with van der Waals surface area (Å²) in [7, 11) is 0. The largest absolute Gasteiger partial charge is 0.481 e. The molecule has 31 heavy (non-hydrogen) atoms. The second-order valence-electron chi connectivity index (χ2n) is 6.77. The number of carboxylic acid groups (broad SMARTS) is 1. The standard InChI is InChI=1S/C18H30F2N4O7/c1-12(25)22-10-14(20)7-9-24(31)17(28)4-2-16(27)23-11-13(19)6-8-21-15(26)3-5-18(29)30/h13-14,31H,2-11H2,1H3,(H,21,26)(H,22,25)(H,23,27)(H,29,30). The SMILES string of the molecule is CC(=O)NCC(F)CCN(O)C(=O)CCC(=O)NCC(F)CCNC(=O)CCC(=O)O. The fourth-order valence-corrected chi connectivity index (χ4v) is 2.19. The number of halogens is 2. The minimum absolute atomic E-state index is 0.0229. The van der Waals surface area contributed by atoms with Crippen LogP contribution in [-0.2, 0) is 24.0 Å². The van der Waals surface area contributed by atoms with E-state index >= 15 is 0 Å². The number of hydrogen-bond acceptors (Lipinski definition) is 6. The number of nitrogens with one attached hydrogen (secondary N) is 3. The van der Waals surface area contributed by atoms with E-state index in [0.717, 1.165) is 0 Å². The Morgan fingerprint density at radius 3 is 2.00 bits per heavy atom. The summed E-state index contributed by atoms with van der Waals surface area (Å²) in [6, 6.07) is 0. The van der Waals surface area contributed by atoms with Crippen molar-refractivity contribution in [3.05, 3.63) is 0 Å². The molecule has 0 aromatic rings. The number of rotatable bonds is 16. The summed E-state index contributed by atoms with van der Waals surface area (Å²) in [4.78, 5) is 55.7. The third-order valence-corrected chi connectivity index (χ3v) is 3.95. The first kappa shape index (κ1) is 28.2. The Balaban J connectivity index is 3.91. The summed E-state index contributed by atoms with van der Waals surface area (Å²) < 4.78 is 27.2. The molecule has 0 saturated heterocycles. The normalized spacial score (nSPS) is 12.4. The second kappa shape index (κ2) is 15.9. The van der Waals surface area contributed by atoms with Crippen molar-refractivity contribution in [1.29, 1.82) is 0 Å². The Bertz CT molecular complexity index is 622. The van der Waals surface area contributed by atoms with Crippen molar-refractivity contribution in [3.63, 3.8) is 0 Å². The van der Waals surface area contributed by atoms with E-state index in [2.05, 4.69) is 16.0 Å². The lowest BCUT2D eigenvalue weighted by Gasteiger charge is -2.16. The summed E-state index contributed by atoms with van der Waals surface area (Å²) in [5.74, 6) is -3.45. The lowest BCUT2D eigenvalue weighted by atomic mass is 10.2. The fraction of sp³-hybridized carbons (Fsp3) is 0.722. The van der Waals surface area contributed by atoms with Gasteiger partial charge in [0.05, 0.1) is 13.0 Å². The first-order valence-corrected chi connectivity index (χ1v) is 9.78. The van der Waals surface area contributed by atoms with Gasteiger partial charge in [-0.25, -0.2) is 13.8 Å². The zero-order valence-corrected chi connectivity index (χ0v) is 17.4. The third-order valence-electron chi connectivity index (χ3n) is 3.95. The van der Waals surface area contributed by atoms with Crippen molar-refractivity contribution in [2.45, 2.75) is 57.8 Å². The van der Waals surface area contributed by atoms with Crippen molar-refractivity contribution in [2.75, 3.05) is 26.2 Å². The van der Waals surface area contributed by atoms with E-state index in [4.69, 9.17) is 5.11 Å². The van der Waals surface area contributed by atoms with E-state index in [1.54, 1.807) is 0 Å². The smallest absolute Gasteiger partial charge is 0.303 e. The molecule has 0 fully saturated rings. The molecule has 4 amide bonds. The van der Waals surface area contributed by atoms with Crippen LogP contribution in [0.15, 0.2) is 0 Å².